The summed E-state index contributed by atoms with van der Waals surface area (Å²) in [6.07, 6.45) is 0. The first kappa shape index (κ1) is 15.3. The Morgan fingerprint density at radius 3 is 2.43 bits per heavy atom. The lowest BCUT2D eigenvalue weighted by Gasteiger charge is -2.15. The summed E-state index contributed by atoms with van der Waals surface area (Å²) in [6.45, 7) is 5.50. The van der Waals surface area contributed by atoms with E-state index in [0.29, 0.717) is 27.5 Å². The predicted molar refractivity (Wildman–Crippen MR) is 82.5 cm³/mol. The minimum atomic E-state index is -0.421. The van der Waals surface area contributed by atoms with Crippen LogP contribution in [0.4, 0.5) is 0 Å². The molecule has 0 radical (unpaired) electrons. The second-order valence-electron chi connectivity index (χ2n) is 4.66. The van der Waals surface area contributed by atoms with Crippen molar-refractivity contribution in [3.8, 4) is 5.69 Å². The molecule has 2 aromatic rings. The third-order valence-corrected chi connectivity index (χ3v) is 3.47. The summed E-state index contributed by atoms with van der Waals surface area (Å²) in [5, 5.41) is 0.585. The van der Waals surface area contributed by atoms with Gasteiger partial charge in [0.05, 0.1) is 12.2 Å². The van der Waals surface area contributed by atoms with Crippen LogP contribution in [-0.4, -0.2) is 17.1 Å². The van der Waals surface area contributed by atoms with E-state index >= 15 is 0 Å². The molecule has 1 heterocycles. The first-order chi connectivity index (χ1) is 9.95. The Labute approximate surface area is 127 Å². The molecule has 0 fully saturated rings. The van der Waals surface area contributed by atoms with Crippen molar-refractivity contribution in [3.63, 3.8) is 0 Å². The van der Waals surface area contributed by atoms with Gasteiger partial charge in [0.15, 0.2) is 0 Å². The number of nitrogens with zero attached hydrogens (tertiary/aromatic N) is 1. The number of esters is 1. The van der Waals surface area contributed by atoms with Gasteiger partial charge in [-0.15, -0.1) is 0 Å². The molecule has 0 amide bonds. The molecule has 1 aromatic carbocycles. The van der Waals surface area contributed by atoms with Gasteiger partial charge in [-0.05, 0) is 50.6 Å². The number of pyridine rings is 1. The van der Waals surface area contributed by atoms with Gasteiger partial charge in [-0.2, -0.15) is 0 Å². The van der Waals surface area contributed by atoms with E-state index in [2.05, 4.69) is 0 Å². The second-order valence-corrected chi connectivity index (χ2v) is 5.09. The lowest BCUT2D eigenvalue weighted by atomic mass is 10.1. The minimum absolute atomic E-state index is 0.194. The second kappa shape index (κ2) is 6.14. The summed E-state index contributed by atoms with van der Waals surface area (Å²) in [6, 6.07) is 8.31. The van der Waals surface area contributed by atoms with E-state index in [1.165, 1.54) is 10.6 Å². The number of benzene rings is 1. The first-order valence-corrected chi connectivity index (χ1v) is 6.99. The summed E-state index contributed by atoms with van der Waals surface area (Å²) in [7, 11) is 0. The van der Waals surface area contributed by atoms with E-state index in [1.54, 1.807) is 45.0 Å². The van der Waals surface area contributed by atoms with Crippen molar-refractivity contribution in [1.82, 2.24) is 4.57 Å². The molecule has 21 heavy (non-hydrogen) atoms. The maximum Gasteiger partial charge on any atom is 0.340 e. The van der Waals surface area contributed by atoms with Crippen LogP contribution in [0.3, 0.4) is 0 Å². The van der Waals surface area contributed by atoms with Crippen LogP contribution in [0.25, 0.3) is 5.69 Å². The van der Waals surface area contributed by atoms with Gasteiger partial charge in [0, 0.05) is 22.5 Å². The van der Waals surface area contributed by atoms with Gasteiger partial charge in [-0.3, -0.25) is 9.36 Å². The van der Waals surface area contributed by atoms with Gasteiger partial charge in [-0.1, -0.05) is 11.6 Å². The van der Waals surface area contributed by atoms with E-state index in [9.17, 15) is 9.59 Å². The van der Waals surface area contributed by atoms with Crippen LogP contribution in [0.2, 0.25) is 5.02 Å². The Kier molecular flexibility index (Phi) is 4.48. The standard InChI is InChI=1S/C16H16ClNO3/c1-4-21-16(20)15-10(2)9-14(19)18(11(15)3)13-7-5-12(17)6-8-13/h5-9H,4H2,1-3H3. The summed E-state index contributed by atoms with van der Waals surface area (Å²) < 4.78 is 6.55. The molecular formula is C16H16ClNO3. The highest BCUT2D eigenvalue weighted by Gasteiger charge is 2.18. The fourth-order valence-electron chi connectivity index (χ4n) is 2.31. The Hall–Kier alpha value is -2.07. The van der Waals surface area contributed by atoms with E-state index in [1.807, 2.05) is 0 Å². The molecule has 0 unspecified atom stereocenters. The van der Waals surface area contributed by atoms with Crippen LogP contribution >= 0.6 is 11.6 Å². The van der Waals surface area contributed by atoms with Crippen molar-refractivity contribution < 1.29 is 9.53 Å². The summed E-state index contributed by atoms with van der Waals surface area (Å²) in [5.41, 5.74) is 2.06. The summed E-state index contributed by atoms with van der Waals surface area (Å²) >= 11 is 5.87. The smallest absolute Gasteiger partial charge is 0.340 e. The van der Waals surface area contributed by atoms with E-state index in [0.717, 1.165) is 0 Å². The molecule has 0 saturated heterocycles. The highest BCUT2D eigenvalue weighted by Crippen LogP contribution is 2.18. The number of halogens is 1. The van der Waals surface area contributed by atoms with Crippen LogP contribution in [0.1, 0.15) is 28.5 Å². The average molecular weight is 306 g/mol. The predicted octanol–water partition coefficient (Wildman–Crippen LogP) is 3.28. The van der Waals surface area contributed by atoms with Gasteiger partial charge < -0.3 is 4.74 Å². The molecule has 0 saturated carbocycles. The van der Waals surface area contributed by atoms with Crippen molar-refractivity contribution in [1.29, 1.82) is 0 Å². The fraction of sp³-hybridized carbons (Fsp3) is 0.250. The van der Waals surface area contributed by atoms with Crippen molar-refractivity contribution in [2.45, 2.75) is 20.8 Å². The summed E-state index contributed by atoms with van der Waals surface area (Å²) in [4.78, 5) is 24.3. The zero-order valence-corrected chi connectivity index (χ0v) is 12.9. The first-order valence-electron chi connectivity index (χ1n) is 6.62. The van der Waals surface area contributed by atoms with Crippen molar-refractivity contribution >= 4 is 17.6 Å². The Morgan fingerprint density at radius 1 is 1.24 bits per heavy atom. The lowest BCUT2D eigenvalue weighted by molar-refractivity contribution is 0.0523. The van der Waals surface area contributed by atoms with Gasteiger partial charge in [0.2, 0.25) is 0 Å². The Bertz CT molecular complexity index is 732. The highest BCUT2D eigenvalue weighted by atomic mass is 35.5. The molecular weight excluding hydrogens is 290 g/mol. The Morgan fingerprint density at radius 2 is 1.86 bits per heavy atom. The topological polar surface area (TPSA) is 48.3 Å². The van der Waals surface area contributed by atoms with E-state index < -0.39 is 5.97 Å². The summed E-state index contributed by atoms with van der Waals surface area (Å²) in [5.74, 6) is -0.421. The quantitative estimate of drug-likeness (QED) is 0.818. The number of carbonyl (C=O) groups excluding carboxylic acids is 1. The lowest BCUT2D eigenvalue weighted by Crippen LogP contribution is -2.24. The van der Waals surface area contributed by atoms with Crippen LogP contribution in [0, 0.1) is 13.8 Å². The third kappa shape index (κ3) is 3.00. The van der Waals surface area contributed by atoms with Gasteiger partial charge in [-0.25, -0.2) is 4.79 Å². The molecule has 0 spiro atoms. The van der Waals surface area contributed by atoms with E-state index in [4.69, 9.17) is 16.3 Å². The van der Waals surface area contributed by atoms with Crippen LogP contribution in [0.15, 0.2) is 35.1 Å². The maximum atomic E-state index is 12.3. The largest absolute Gasteiger partial charge is 0.462 e. The number of carbonyl (C=O) groups is 1. The monoisotopic (exact) mass is 305 g/mol. The van der Waals surface area contributed by atoms with Crippen LogP contribution < -0.4 is 5.56 Å². The normalized spacial score (nSPS) is 10.5. The number of ether oxygens (including phenoxy) is 1. The molecule has 0 aliphatic heterocycles. The molecule has 0 atom stereocenters. The molecule has 0 aliphatic rings. The SMILES string of the molecule is CCOC(=O)c1c(C)cc(=O)n(-c2ccc(Cl)cc2)c1C. The molecule has 2 rings (SSSR count). The molecule has 0 bridgehead atoms. The Balaban J connectivity index is 2.67. The molecule has 5 heteroatoms. The van der Waals surface area contributed by atoms with Crippen molar-refractivity contribution in [3.05, 3.63) is 62.5 Å². The van der Waals surface area contributed by atoms with Crippen molar-refractivity contribution in [2.24, 2.45) is 0 Å². The molecule has 110 valence electrons. The van der Waals surface area contributed by atoms with Crippen LogP contribution in [0.5, 0.6) is 0 Å². The van der Waals surface area contributed by atoms with Gasteiger partial charge in [0.25, 0.3) is 5.56 Å². The molecule has 0 aliphatic carbocycles. The zero-order valence-electron chi connectivity index (χ0n) is 12.1. The fourth-order valence-corrected chi connectivity index (χ4v) is 2.43. The number of hydrogen-bond donors (Lipinski definition) is 0. The number of rotatable bonds is 3. The minimum Gasteiger partial charge on any atom is -0.462 e. The maximum absolute atomic E-state index is 12.3. The van der Waals surface area contributed by atoms with E-state index in [-0.39, 0.29) is 12.2 Å². The third-order valence-electron chi connectivity index (χ3n) is 3.22. The number of hydrogen-bond acceptors (Lipinski definition) is 3. The van der Waals surface area contributed by atoms with Crippen molar-refractivity contribution in [2.75, 3.05) is 6.61 Å². The molecule has 1 aromatic heterocycles. The number of aromatic nitrogens is 1. The average Bonchev–Trinajstić information content (AvgIpc) is 2.40. The molecule has 4 nitrogen and oxygen atoms in total. The number of aryl methyl sites for hydroxylation is 1. The molecule has 0 N–H and O–H groups in total. The highest BCUT2D eigenvalue weighted by molar-refractivity contribution is 6.30. The zero-order chi connectivity index (χ0) is 15.6. The van der Waals surface area contributed by atoms with Gasteiger partial charge in [0.1, 0.15) is 0 Å². The van der Waals surface area contributed by atoms with Crippen LogP contribution in [-0.2, 0) is 4.74 Å². The van der Waals surface area contributed by atoms with Gasteiger partial charge >= 0.3 is 5.97 Å².